The summed E-state index contributed by atoms with van der Waals surface area (Å²) < 4.78 is 10.4. The third-order valence-corrected chi connectivity index (χ3v) is 2.37. The molecule has 1 atom stereocenters. The van der Waals surface area contributed by atoms with Gasteiger partial charge in [0.15, 0.2) is 18.0 Å². The van der Waals surface area contributed by atoms with Crippen molar-refractivity contribution in [1.29, 1.82) is 0 Å². The van der Waals surface area contributed by atoms with Crippen molar-refractivity contribution in [2.75, 3.05) is 6.61 Å². The van der Waals surface area contributed by atoms with Gasteiger partial charge in [0.1, 0.15) is 5.76 Å². The van der Waals surface area contributed by atoms with E-state index in [9.17, 15) is 9.59 Å². The van der Waals surface area contributed by atoms with Gasteiger partial charge in [-0.15, -0.1) is 0 Å². The molecular weight excluding hydrogens is 184 g/mol. The first-order chi connectivity index (χ1) is 6.66. The molecule has 2 aliphatic rings. The Morgan fingerprint density at radius 1 is 1.50 bits per heavy atom. The first-order valence-corrected chi connectivity index (χ1v) is 4.46. The number of hydrogen-bond donors (Lipinski definition) is 0. The first-order valence-electron chi connectivity index (χ1n) is 4.46. The van der Waals surface area contributed by atoms with Crippen LogP contribution in [0.15, 0.2) is 24.0 Å². The zero-order valence-electron chi connectivity index (χ0n) is 7.78. The van der Waals surface area contributed by atoms with E-state index in [2.05, 4.69) is 0 Å². The maximum atomic E-state index is 11.1. The van der Waals surface area contributed by atoms with Gasteiger partial charge in [-0.05, 0) is 18.6 Å². The predicted molar refractivity (Wildman–Crippen MR) is 47.3 cm³/mol. The second kappa shape index (κ2) is 2.97. The van der Waals surface area contributed by atoms with E-state index in [1.807, 2.05) is 6.92 Å². The molecule has 1 heterocycles. The molecule has 2 rings (SSSR count). The molecular formula is C10H10O4. The molecule has 0 aromatic heterocycles. The van der Waals surface area contributed by atoms with Crippen LogP contribution in [-0.2, 0) is 19.1 Å². The molecule has 4 heteroatoms. The molecule has 1 fully saturated rings. The van der Waals surface area contributed by atoms with Crippen LogP contribution < -0.4 is 0 Å². The number of hydrogen-bond acceptors (Lipinski definition) is 4. The van der Waals surface area contributed by atoms with Gasteiger partial charge in [-0.2, -0.15) is 0 Å². The summed E-state index contributed by atoms with van der Waals surface area (Å²) in [5.41, 5.74) is -0.844. The molecule has 0 aromatic carbocycles. The lowest BCUT2D eigenvalue weighted by molar-refractivity contribution is -0.170. The highest BCUT2D eigenvalue weighted by atomic mass is 16.6. The number of allylic oxidation sites excluding steroid dienone is 2. The number of carbonyl (C=O) groups excluding carboxylic acids is 2. The van der Waals surface area contributed by atoms with Gasteiger partial charge in [-0.3, -0.25) is 4.79 Å². The van der Waals surface area contributed by atoms with Crippen LogP contribution in [-0.4, -0.2) is 24.0 Å². The summed E-state index contributed by atoms with van der Waals surface area (Å²) in [5.74, 6) is -0.0999. The average molecular weight is 194 g/mol. The number of ether oxygens (including phenoxy) is 2. The predicted octanol–water partition coefficient (Wildman–Crippen LogP) is 0.731. The fourth-order valence-corrected chi connectivity index (χ4v) is 1.58. The molecule has 0 spiro atoms. The Morgan fingerprint density at radius 2 is 2.29 bits per heavy atom. The van der Waals surface area contributed by atoms with Crippen LogP contribution in [0.5, 0.6) is 0 Å². The number of esters is 1. The largest absolute Gasteiger partial charge is 0.481 e. The molecule has 0 radical (unpaired) electrons. The normalized spacial score (nSPS) is 30.2. The summed E-state index contributed by atoms with van der Waals surface area (Å²) in [4.78, 5) is 22.1. The Kier molecular flexibility index (Phi) is 1.91. The maximum absolute atomic E-state index is 11.1. The second-order valence-corrected chi connectivity index (χ2v) is 3.25. The van der Waals surface area contributed by atoms with Gasteiger partial charge in [0, 0.05) is 6.08 Å². The lowest BCUT2D eigenvalue weighted by Gasteiger charge is -2.36. The average Bonchev–Trinajstić information content (AvgIpc) is 2.19. The molecule has 0 bridgehead atoms. The van der Waals surface area contributed by atoms with Crippen molar-refractivity contribution in [2.24, 2.45) is 0 Å². The van der Waals surface area contributed by atoms with Gasteiger partial charge in [-0.25, -0.2) is 4.79 Å². The summed E-state index contributed by atoms with van der Waals surface area (Å²) in [5, 5.41) is 0. The Hall–Kier alpha value is -1.58. The minimum absolute atomic E-state index is 0.116. The Labute approximate surface area is 81.2 Å². The van der Waals surface area contributed by atoms with Crippen molar-refractivity contribution in [1.82, 2.24) is 0 Å². The van der Waals surface area contributed by atoms with Crippen LogP contribution in [0, 0.1) is 0 Å². The highest BCUT2D eigenvalue weighted by Crippen LogP contribution is 2.34. The van der Waals surface area contributed by atoms with Crippen molar-refractivity contribution >= 4 is 11.8 Å². The first kappa shape index (κ1) is 8.99. The van der Waals surface area contributed by atoms with Crippen LogP contribution in [0.4, 0.5) is 0 Å². The number of fused-ring (bicyclic) bond motifs is 1. The van der Waals surface area contributed by atoms with Crippen LogP contribution in [0.3, 0.4) is 0 Å². The molecule has 0 saturated carbocycles. The van der Waals surface area contributed by atoms with E-state index in [1.165, 1.54) is 12.2 Å². The van der Waals surface area contributed by atoms with Crippen LogP contribution in [0.25, 0.3) is 0 Å². The third kappa shape index (κ3) is 1.23. The standard InChI is InChI=1S/C10H10O4/c1-2-10-4-3-7(11)5-8(10)13-6-9(12)14-10/h3-5H,2,6H2,1H3/t10-/m0/s1. The summed E-state index contributed by atoms with van der Waals surface area (Å²) in [7, 11) is 0. The van der Waals surface area contributed by atoms with Gasteiger partial charge < -0.3 is 9.47 Å². The molecule has 0 amide bonds. The van der Waals surface area contributed by atoms with Gasteiger partial charge >= 0.3 is 5.97 Å². The molecule has 74 valence electrons. The Morgan fingerprint density at radius 3 is 3.00 bits per heavy atom. The summed E-state index contributed by atoms with van der Waals surface area (Å²) in [6.07, 6.45) is 4.92. The fourth-order valence-electron chi connectivity index (χ4n) is 1.58. The SMILES string of the molecule is CC[C@]12C=CC(=O)C=C1OCC(=O)O2. The van der Waals surface area contributed by atoms with E-state index in [4.69, 9.17) is 9.47 Å². The van der Waals surface area contributed by atoms with E-state index in [-0.39, 0.29) is 12.4 Å². The maximum Gasteiger partial charge on any atom is 0.345 e. The lowest BCUT2D eigenvalue weighted by atomic mass is 9.91. The van der Waals surface area contributed by atoms with Crippen molar-refractivity contribution < 1.29 is 19.1 Å². The fraction of sp³-hybridized carbons (Fsp3) is 0.400. The molecule has 1 aliphatic carbocycles. The lowest BCUT2D eigenvalue weighted by Crippen LogP contribution is -2.43. The molecule has 1 saturated heterocycles. The summed E-state index contributed by atoms with van der Waals surface area (Å²) in [6, 6.07) is 0. The van der Waals surface area contributed by atoms with Crippen molar-refractivity contribution in [2.45, 2.75) is 18.9 Å². The Balaban J connectivity index is 2.38. The molecule has 4 nitrogen and oxygen atoms in total. The van der Waals surface area contributed by atoms with Crippen LogP contribution in [0.1, 0.15) is 13.3 Å². The van der Waals surface area contributed by atoms with E-state index in [0.29, 0.717) is 12.2 Å². The topological polar surface area (TPSA) is 52.6 Å². The van der Waals surface area contributed by atoms with E-state index < -0.39 is 11.6 Å². The van der Waals surface area contributed by atoms with Crippen molar-refractivity contribution in [3.8, 4) is 0 Å². The van der Waals surface area contributed by atoms with Gasteiger partial charge in [0.2, 0.25) is 0 Å². The minimum Gasteiger partial charge on any atom is -0.481 e. The molecule has 0 N–H and O–H groups in total. The van der Waals surface area contributed by atoms with Crippen LogP contribution >= 0.6 is 0 Å². The molecule has 0 aromatic rings. The summed E-state index contributed by atoms with van der Waals surface area (Å²) >= 11 is 0. The number of ketones is 1. The van der Waals surface area contributed by atoms with Crippen LogP contribution in [0.2, 0.25) is 0 Å². The van der Waals surface area contributed by atoms with Crippen molar-refractivity contribution in [3.63, 3.8) is 0 Å². The molecule has 0 unspecified atom stereocenters. The number of carbonyl (C=O) groups is 2. The summed E-state index contributed by atoms with van der Waals surface area (Å²) in [6.45, 7) is 1.75. The second-order valence-electron chi connectivity index (χ2n) is 3.25. The quantitative estimate of drug-likeness (QED) is 0.577. The van der Waals surface area contributed by atoms with Gasteiger partial charge in [-0.1, -0.05) is 6.92 Å². The number of rotatable bonds is 1. The van der Waals surface area contributed by atoms with E-state index >= 15 is 0 Å². The minimum atomic E-state index is -0.844. The third-order valence-electron chi connectivity index (χ3n) is 2.37. The smallest absolute Gasteiger partial charge is 0.345 e. The molecule has 1 aliphatic heterocycles. The highest BCUT2D eigenvalue weighted by Gasteiger charge is 2.42. The van der Waals surface area contributed by atoms with Gasteiger partial charge in [0.25, 0.3) is 0 Å². The van der Waals surface area contributed by atoms with Crippen molar-refractivity contribution in [3.05, 3.63) is 24.0 Å². The van der Waals surface area contributed by atoms with Gasteiger partial charge in [0.05, 0.1) is 0 Å². The Bertz CT molecular complexity index is 353. The monoisotopic (exact) mass is 194 g/mol. The molecule has 14 heavy (non-hydrogen) atoms. The zero-order chi connectivity index (χ0) is 10.2. The van der Waals surface area contributed by atoms with E-state index in [0.717, 1.165) is 0 Å². The zero-order valence-corrected chi connectivity index (χ0v) is 7.78. The highest BCUT2D eigenvalue weighted by molar-refractivity contribution is 6.01. The van der Waals surface area contributed by atoms with E-state index in [1.54, 1.807) is 6.08 Å².